The average Bonchev–Trinajstić information content (AvgIpc) is 2.70. The lowest BCUT2D eigenvalue weighted by molar-refractivity contribution is -0.120. The van der Waals surface area contributed by atoms with Gasteiger partial charge in [0.25, 0.3) is 0 Å². The Bertz CT molecular complexity index is 416. The number of amides is 1. The number of benzene rings is 1. The van der Waals surface area contributed by atoms with Crippen molar-refractivity contribution in [3.63, 3.8) is 0 Å². The van der Waals surface area contributed by atoms with E-state index in [2.05, 4.69) is 49.4 Å². The van der Waals surface area contributed by atoms with Gasteiger partial charge in [0.2, 0.25) is 5.91 Å². The molecule has 1 heterocycles. The molecule has 0 aliphatic carbocycles. The quantitative estimate of drug-likeness (QED) is 0.850. The third-order valence-electron chi connectivity index (χ3n) is 3.07. The maximum Gasteiger partial charge on any atom is 0.229 e. The van der Waals surface area contributed by atoms with Crippen LogP contribution in [0.2, 0.25) is 0 Å². The van der Waals surface area contributed by atoms with E-state index >= 15 is 0 Å². The van der Waals surface area contributed by atoms with E-state index in [1.54, 1.807) is 0 Å². The zero-order valence-electron chi connectivity index (χ0n) is 9.47. The second kappa shape index (κ2) is 5.50. The van der Waals surface area contributed by atoms with Crippen LogP contribution >= 0.6 is 31.9 Å². The topological polar surface area (TPSA) is 41.1 Å². The van der Waals surface area contributed by atoms with Crippen LogP contribution in [0.5, 0.6) is 0 Å². The van der Waals surface area contributed by atoms with Gasteiger partial charge in [-0.25, -0.2) is 0 Å². The molecule has 0 saturated carbocycles. The standard InChI is InChI=1S/C12H14Br2N2O/c1-7-5-15-6-8(7)12(17)16-11-9(13)3-2-4-10(11)14/h2-4,7-8,15H,5-6H2,1H3,(H,16,17). The minimum absolute atomic E-state index is 0.0500. The highest BCUT2D eigenvalue weighted by Crippen LogP contribution is 2.31. The number of carbonyl (C=O) groups is 1. The molecule has 2 rings (SSSR count). The molecule has 1 aliphatic rings. The van der Waals surface area contributed by atoms with Crippen LogP contribution in [-0.4, -0.2) is 19.0 Å². The van der Waals surface area contributed by atoms with Crippen molar-refractivity contribution in [1.82, 2.24) is 5.32 Å². The normalized spacial score (nSPS) is 23.7. The molecule has 1 aliphatic heterocycles. The van der Waals surface area contributed by atoms with Gasteiger partial charge in [-0.15, -0.1) is 0 Å². The zero-order valence-corrected chi connectivity index (χ0v) is 12.6. The number of rotatable bonds is 2. The summed E-state index contributed by atoms with van der Waals surface area (Å²) in [5.41, 5.74) is 0.802. The van der Waals surface area contributed by atoms with E-state index in [0.29, 0.717) is 5.92 Å². The van der Waals surface area contributed by atoms with Gasteiger partial charge in [0.1, 0.15) is 0 Å². The van der Waals surface area contributed by atoms with Crippen molar-refractivity contribution < 1.29 is 4.79 Å². The average molecular weight is 362 g/mol. The molecular weight excluding hydrogens is 348 g/mol. The third-order valence-corrected chi connectivity index (χ3v) is 4.39. The largest absolute Gasteiger partial charge is 0.324 e. The molecule has 3 nitrogen and oxygen atoms in total. The molecule has 2 N–H and O–H groups in total. The van der Waals surface area contributed by atoms with Crippen molar-refractivity contribution in [2.45, 2.75) is 6.92 Å². The molecule has 1 amide bonds. The Kier molecular flexibility index (Phi) is 4.22. The second-order valence-corrected chi connectivity index (χ2v) is 6.04. The summed E-state index contributed by atoms with van der Waals surface area (Å²) < 4.78 is 1.78. The minimum atomic E-state index is 0.0500. The summed E-state index contributed by atoms with van der Waals surface area (Å²) in [6.07, 6.45) is 0. The van der Waals surface area contributed by atoms with Crippen molar-refractivity contribution in [2.75, 3.05) is 18.4 Å². The predicted octanol–water partition coefficient (Wildman–Crippen LogP) is 3.01. The van der Waals surface area contributed by atoms with E-state index in [-0.39, 0.29) is 11.8 Å². The summed E-state index contributed by atoms with van der Waals surface area (Å²) in [4.78, 5) is 12.1. The Balaban J connectivity index is 2.13. The van der Waals surface area contributed by atoms with Crippen LogP contribution in [0.4, 0.5) is 5.69 Å². The van der Waals surface area contributed by atoms with Crippen LogP contribution in [0, 0.1) is 11.8 Å². The lowest BCUT2D eigenvalue weighted by Crippen LogP contribution is -2.28. The second-order valence-electron chi connectivity index (χ2n) is 4.33. The molecular formula is C12H14Br2N2O. The number of halogens is 2. The Morgan fingerprint density at radius 1 is 1.35 bits per heavy atom. The van der Waals surface area contributed by atoms with Gasteiger partial charge in [-0.1, -0.05) is 13.0 Å². The molecule has 1 aromatic carbocycles. The molecule has 1 fully saturated rings. The fourth-order valence-electron chi connectivity index (χ4n) is 1.99. The molecule has 2 atom stereocenters. The molecule has 0 radical (unpaired) electrons. The molecule has 92 valence electrons. The molecule has 17 heavy (non-hydrogen) atoms. The monoisotopic (exact) mass is 360 g/mol. The van der Waals surface area contributed by atoms with Crippen molar-refractivity contribution in [3.8, 4) is 0 Å². The molecule has 2 unspecified atom stereocenters. The van der Waals surface area contributed by atoms with E-state index in [1.807, 2.05) is 18.2 Å². The number of para-hydroxylation sites is 1. The maximum atomic E-state index is 12.1. The molecule has 0 spiro atoms. The van der Waals surface area contributed by atoms with Crippen LogP contribution in [0.1, 0.15) is 6.92 Å². The first kappa shape index (κ1) is 13.1. The van der Waals surface area contributed by atoms with Gasteiger partial charge < -0.3 is 10.6 Å². The number of nitrogens with one attached hydrogen (secondary N) is 2. The smallest absolute Gasteiger partial charge is 0.229 e. The first-order valence-electron chi connectivity index (χ1n) is 5.55. The van der Waals surface area contributed by atoms with Crippen LogP contribution in [0.25, 0.3) is 0 Å². The van der Waals surface area contributed by atoms with E-state index in [0.717, 1.165) is 27.7 Å². The summed E-state index contributed by atoms with van der Waals surface area (Å²) in [6, 6.07) is 5.75. The minimum Gasteiger partial charge on any atom is -0.324 e. The summed E-state index contributed by atoms with van der Waals surface area (Å²) in [5.74, 6) is 0.514. The Labute approximate surface area is 118 Å². The summed E-state index contributed by atoms with van der Waals surface area (Å²) >= 11 is 6.88. The Morgan fingerprint density at radius 3 is 2.53 bits per heavy atom. The predicted molar refractivity (Wildman–Crippen MR) is 76.0 cm³/mol. The van der Waals surface area contributed by atoms with E-state index in [4.69, 9.17) is 0 Å². The summed E-state index contributed by atoms with van der Waals surface area (Å²) in [6.45, 7) is 3.77. The number of hydrogen-bond acceptors (Lipinski definition) is 2. The van der Waals surface area contributed by atoms with Crippen LogP contribution in [0.3, 0.4) is 0 Å². The Hall–Kier alpha value is -0.390. The molecule has 0 aromatic heterocycles. The van der Waals surface area contributed by atoms with Crippen LogP contribution < -0.4 is 10.6 Å². The van der Waals surface area contributed by atoms with E-state index in [1.165, 1.54) is 0 Å². The highest BCUT2D eigenvalue weighted by molar-refractivity contribution is 9.11. The molecule has 5 heteroatoms. The molecule has 1 aromatic rings. The maximum absolute atomic E-state index is 12.1. The van der Waals surface area contributed by atoms with Crippen molar-refractivity contribution in [3.05, 3.63) is 27.1 Å². The van der Waals surface area contributed by atoms with Crippen LogP contribution in [-0.2, 0) is 4.79 Å². The zero-order chi connectivity index (χ0) is 12.4. The fraction of sp³-hybridized carbons (Fsp3) is 0.417. The third kappa shape index (κ3) is 2.89. The highest BCUT2D eigenvalue weighted by atomic mass is 79.9. The SMILES string of the molecule is CC1CNCC1C(=O)Nc1c(Br)cccc1Br. The van der Waals surface area contributed by atoms with Gasteiger partial charge in [0.05, 0.1) is 11.6 Å². The first-order valence-corrected chi connectivity index (χ1v) is 7.14. The molecule has 1 saturated heterocycles. The van der Waals surface area contributed by atoms with Crippen molar-refractivity contribution in [1.29, 1.82) is 0 Å². The van der Waals surface area contributed by atoms with Crippen molar-refractivity contribution in [2.24, 2.45) is 11.8 Å². The van der Waals surface area contributed by atoms with Gasteiger partial charge in [-0.3, -0.25) is 4.79 Å². The number of hydrogen-bond donors (Lipinski definition) is 2. The van der Waals surface area contributed by atoms with Crippen LogP contribution in [0.15, 0.2) is 27.1 Å². The number of anilines is 1. The van der Waals surface area contributed by atoms with Gasteiger partial charge >= 0.3 is 0 Å². The van der Waals surface area contributed by atoms with Gasteiger partial charge in [0.15, 0.2) is 0 Å². The van der Waals surface area contributed by atoms with Crippen molar-refractivity contribution >= 4 is 43.5 Å². The lowest BCUT2D eigenvalue weighted by Gasteiger charge is -2.16. The van der Waals surface area contributed by atoms with Gasteiger partial charge in [0, 0.05) is 15.5 Å². The first-order chi connectivity index (χ1) is 8.09. The fourth-order valence-corrected chi connectivity index (χ4v) is 3.19. The Morgan fingerprint density at radius 2 is 2.00 bits per heavy atom. The van der Waals surface area contributed by atoms with E-state index in [9.17, 15) is 4.79 Å². The lowest BCUT2D eigenvalue weighted by atomic mass is 9.97. The summed E-state index contributed by atoms with van der Waals surface area (Å²) in [5, 5.41) is 6.21. The van der Waals surface area contributed by atoms with Gasteiger partial charge in [-0.2, -0.15) is 0 Å². The summed E-state index contributed by atoms with van der Waals surface area (Å²) in [7, 11) is 0. The number of carbonyl (C=O) groups excluding carboxylic acids is 1. The van der Waals surface area contributed by atoms with Gasteiger partial charge in [-0.05, 0) is 56.5 Å². The molecule has 0 bridgehead atoms. The highest BCUT2D eigenvalue weighted by Gasteiger charge is 2.30. The van der Waals surface area contributed by atoms with E-state index < -0.39 is 0 Å².